The van der Waals surface area contributed by atoms with E-state index in [0.717, 1.165) is 17.0 Å². The van der Waals surface area contributed by atoms with Crippen molar-refractivity contribution in [3.05, 3.63) is 52.2 Å². The van der Waals surface area contributed by atoms with Crippen molar-refractivity contribution in [3.8, 4) is 11.3 Å². The number of nitrogens with one attached hydrogen (secondary N) is 1. The number of nitrogens with zero attached hydrogens (tertiary/aromatic N) is 4. The normalized spacial score (nSPS) is 16.3. The molecule has 2 aromatic heterocycles. The minimum atomic E-state index is -0.311. The van der Waals surface area contributed by atoms with E-state index in [1.54, 1.807) is 11.6 Å². The molecule has 1 aliphatic rings. The molecule has 1 aromatic carbocycles. The van der Waals surface area contributed by atoms with Crippen molar-refractivity contribution < 1.29 is 9.32 Å². The summed E-state index contributed by atoms with van der Waals surface area (Å²) >= 11 is 0. The van der Waals surface area contributed by atoms with Crippen molar-refractivity contribution in [1.29, 1.82) is 0 Å². The van der Waals surface area contributed by atoms with Gasteiger partial charge in [0, 0.05) is 31.1 Å². The number of aryl methyl sites for hydroxylation is 2. The summed E-state index contributed by atoms with van der Waals surface area (Å²) < 4.78 is 8.22. The van der Waals surface area contributed by atoms with E-state index in [2.05, 4.69) is 15.6 Å². The second kappa shape index (κ2) is 6.29. The zero-order valence-electron chi connectivity index (χ0n) is 14.6. The molecule has 8 heteroatoms. The fourth-order valence-electron chi connectivity index (χ4n) is 3.28. The Morgan fingerprint density at radius 2 is 2.08 bits per heavy atom. The average Bonchev–Trinajstić information content (AvgIpc) is 3.15. The third kappa shape index (κ3) is 2.73. The summed E-state index contributed by atoms with van der Waals surface area (Å²) in [7, 11) is 1.62. The number of hydrogen-bond acceptors (Lipinski definition) is 5. The van der Waals surface area contributed by atoms with E-state index in [-0.39, 0.29) is 17.5 Å². The zero-order chi connectivity index (χ0) is 18.3. The minimum Gasteiger partial charge on any atom is -0.338 e. The van der Waals surface area contributed by atoms with Gasteiger partial charge in [0.1, 0.15) is 11.5 Å². The molecule has 1 atom stereocenters. The lowest BCUT2D eigenvalue weighted by molar-refractivity contribution is -0.120. The number of amides is 1. The van der Waals surface area contributed by atoms with Crippen LogP contribution in [0.25, 0.3) is 11.3 Å². The molecule has 134 valence electrons. The second-order valence-electron chi connectivity index (χ2n) is 6.51. The van der Waals surface area contributed by atoms with Crippen LogP contribution in [-0.4, -0.2) is 25.4 Å². The monoisotopic (exact) mass is 353 g/mol. The van der Waals surface area contributed by atoms with E-state index in [1.165, 1.54) is 4.68 Å². The summed E-state index contributed by atoms with van der Waals surface area (Å²) in [6.07, 6.45) is 1.24. The van der Waals surface area contributed by atoms with E-state index in [1.807, 2.05) is 37.3 Å². The highest BCUT2D eigenvalue weighted by Gasteiger charge is 2.29. The van der Waals surface area contributed by atoms with Gasteiger partial charge in [-0.25, -0.2) is 9.48 Å². The third-order valence-electron chi connectivity index (χ3n) is 4.78. The fourth-order valence-corrected chi connectivity index (χ4v) is 3.28. The van der Waals surface area contributed by atoms with Crippen LogP contribution in [0.3, 0.4) is 0 Å². The Kier molecular flexibility index (Phi) is 3.95. The molecule has 1 amide bonds. The van der Waals surface area contributed by atoms with E-state index < -0.39 is 0 Å². The molecule has 4 rings (SSSR count). The summed E-state index contributed by atoms with van der Waals surface area (Å²) in [5.41, 5.74) is 2.22. The summed E-state index contributed by atoms with van der Waals surface area (Å²) in [5, 5.41) is 11.1. The summed E-state index contributed by atoms with van der Waals surface area (Å²) in [6, 6.07) is 9.65. The number of anilines is 1. The van der Waals surface area contributed by atoms with Crippen molar-refractivity contribution in [1.82, 2.24) is 19.5 Å². The highest BCUT2D eigenvalue weighted by atomic mass is 16.5. The Morgan fingerprint density at radius 1 is 1.31 bits per heavy atom. The van der Waals surface area contributed by atoms with Gasteiger partial charge in [-0.3, -0.25) is 14.7 Å². The van der Waals surface area contributed by atoms with Gasteiger partial charge in [0.2, 0.25) is 11.8 Å². The maximum absolute atomic E-state index is 12.7. The van der Waals surface area contributed by atoms with Crippen LogP contribution in [0, 0.1) is 12.8 Å². The molecule has 0 aliphatic carbocycles. The van der Waals surface area contributed by atoms with Crippen molar-refractivity contribution in [2.24, 2.45) is 13.0 Å². The minimum absolute atomic E-state index is 0.176. The molecule has 3 heterocycles. The van der Waals surface area contributed by atoms with Gasteiger partial charge in [-0.1, -0.05) is 35.5 Å². The topological polar surface area (TPSA) is 95.0 Å². The number of rotatable bonds is 3. The lowest BCUT2D eigenvalue weighted by Crippen LogP contribution is -2.35. The maximum atomic E-state index is 12.7. The fraction of sp³-hybridized carbons (Fsp3) is 0.333. The summed E-state index contributed by atoms with van der Waals surface area (Å²) in [6.45, 7) is 2.19. The van der Waals surface area contributed by atoms with Gasteiger partial charge in [-0.15, -0.1) is 0 Å². The Hall–Kier alpha value is -3.16. The predicted molar refractivity (Wildman–Crippen MR) is 94.6 cm³/mol. The number of benzene rings is 1. The first-order valence-corrected chi connectivity index (χ1v) is 8.50. The van der Waals surface area contributed by atoms with Crippen LogP contribution in [0.15, 0.2) is 39.6 Å². The molecule has 0 bridgehead atoms. The van der Waals surface area contributed by atoms with Crippen molar-refractivity contribution in [2.45, 2.75) is 26.3 Å². The Bertz CT molecular complexity index is 1020. The third-order valence-corrected chi connectivity index (χ3v) is 4.78. The molecule has 0 saturated heterocycles. The van der Waals surface area contributed by atoms with Gasteiger partial charge >= 0.3 is 5.69 Å². The molecule has 1 N–H and O–H groups in total. The number of carbonyl (C=O) groups is 1. The van der Waals surface area contributed by atoms with Crippen LogP contribution >= 0.6 is 0 Å². The van der Waals surface area contributed by atoms with Crippen molar-refractivity contribution in [2.75, 3.05) is 5.32 Å². The first-order chi connectivity index (χ1) is 12.5. The van der Waals surface area contributed by atoms with Crippen LogP contribution in [0.2, 0.25) is 0 Å². The van der Waals surface area contributed by atoms with E-state index in [9.17, 15) is 9.59 Å². The van der Waals surface area contributed by atoms with Crippen LogP contribution in [0.4, 0.5) is 5.88 Å². The molecule has 3 aromatic rings. The SMILES string of the molecule is Cc1c(-c2ccccc2)noc1NC(=O)C1CCc2nn(C)c(=O)n2C1. The standard InChI is InChI=1S/C18H19N5O3/c1-11-15(12-6-4-3-5-7-12)21-26-17(11)19-16(24)13-8-9-14-20-22(2)18(25)23(14)10-13/h3-7,13H,8-10H2,1-2H3,(H,19,24). The lowest BCUT2D eigenvalue weighted by Gasteiger charge is -2.21. The van der Waals surface area contributed by atoms with Crippen LogP contribution < -0.4 is 11.0 Å². The summed E-state index contributed by atoms with van der Waals surface area (Å²) in [4.78, 5) is 24.7. The maximum Gasteiger partial charge on any atom is 0.345 e. The molecule has 8 nitrogen and oxygen atoms in total. The van der Waals surface area contributed by atoms with Gasteiger partial charge in [0.25, 0.3) is 0 Å². The summed E-state index contributed by atoms with van der Waals surface area (Å²) in [5.74, 6) is 0.585. The first kappa shape index (κ1) is 16.3. The van der Waals surface area contributed by atoms with Crippen molar-refractivity contribution in [3.63, 3.8) is 0 Å². The largest absolute Gasteiger partial charge is 0.345 e. The zero-order valence-corrected chi connectivity index (χ0v) is 14.6. The molecular formula is C18H19N5O3. The number of hydrogen-bond donors (Lipinski definition) is 1. The van der Waals surface area contributed by atoms with Crippen LogP contribution in [0.5, 0.6) is 0 Å². The molecular weight excluding hydrogens is 334 g/mol. The Labute approximate surface area is 149 Å². The number of aromatic nitrogens is 4. The predicted octanol–water partition coefficient (Wildman–Crippen LogP) is 1.75. The van der Waals surface area contributed by atoms with E-state index in [0.29, 0.717) is 31.0 Å². The van der Waals surface area contributed by atoms with Gasteiger partial charge < -0.3 is 4.52 Å². The van der Waals surface area contributed by atoms with Gasteiger partial charge in [0.15, 0.2) is 0 Å². The van der Waals surface area contributed by atoms with Crippen LogP contribution in [0.1, 0.15) is 17.8 Å². The molecule has 0 fully saturated rings. The van der Waals surface area contributed by atoms with Crippen molar-refractivity contribution >= 4 is 11.8 Å². The molecule has 0 saturated carbocycles. The molecule has 1 unspecified atom stereocenters. The quantitative estimate of drug-likeness (QED) is 0.774. The Morgan fingerprint density at radius 3 is 2.85 bits per heavy atom. The Balaban J connectivity index is 1.52. The molecule has 26 heavy (non-hydrogen) atoms. The average molecular weight is 353 g/mol. The smallest absolute Gasteiger partial charge is 0.338 e. The van der Waals surface area contributed by atoms with Gasteiger partial charge in [-0.05, 0) is 13.3 Å². The lowest BCUT2D eigenvalue weighted by atomic mass is 9.98. The first-order valence-electron chi connectivity index (χ1n) is 8.50. The van der Waals surface area contributed by atoms with Gasteiger partial charge in [0.05, 0.1) is 5.92 Å². The molecule has 0 spiro atoms. The van der Waals surface area contributed by atoms with Gasteiger partial charge in [-0.2, -0.15) is 5.10 Å². The highest BCUT2D eigenvalue weighted by Crippen LogP contribution is 2.28. The molecule has 0 radical (unpaired) electrons. The van der Waals surface area contributed by atoms with E-state index in [4.69, 9.17) is 4.52 Å². The molecule has 1 aliphatic heterocycles. The highest BCUT2D eigenvalue weighted by molar-refractivity contribution is 5.92. The van der Waals surface area contributed by atoms with Crippen LogP contribution in [-0.2, 0) is 24.8 Å². The number of fused-ring (bicyclic) bond motifs is 1. The number of carbonyl (C=O) groups excluding carboxylic acids is 1. The van der Waals surface area contributed by atoms with E-state index >= 15 is 0 Å². The second-order valence-corrected chi connectivity index (χ2v) is 6.51.